The maximum absolute atomic E-state index is 13.1. The van der Waals surface area contributed by atoms with Crippen molar-refractivity contribution in [3.8, 4) is 0 Å². The summed E-state index contributed by atoms with van der Waals surface area (Å²) in [5.41, 5.74) is 1.64. The normalized spacial score (nSPS) is 15.9. The third kappa shape index (κ3) is 5.22. The predicted octanol–water partition coefficient (Wildman–Crippen LogP) is 3.78. The van der Waals surface area contributed by atoms with Crippen molar-refractivity contribution in [2.24, 2.45) is 5.92 Å². The van der Waals surface area contributed by atoms with E-state index < -0.39 is 0 Å². The van der Waals surface area contributed by atoms with Crippen LogP contribution in [0.2, 0.25) is 0 Å². The molecule has 1 saturated heterocycles. The molecule has 0 bridgehead atoms. The number of anilines is 2. The first-order valence-corrected chi connectivity index (χ1v) is 11.4. The van der Waals surface area contributed by atoms with Gasteiger partial charge < -0.3 is 10.2 Å². The Morgan fingerprint density at radius 2 is 2.03 bits per heavy atom. The molecule has 9 heteroatoms. The summed E-state index contributed by atoms with van der Waals surface area (Å²) in [6, 6.07) is 10.1. The third-order valence-corrected chi connectivity index (χ3v) is 6.60. The number of carbonyl (C=O) groups excluding carboxylic acids is 2. The van der Waals surface area contributed by atoms with Gasteiger partial charge in [0.25, 0.3) is 5.91 Å². The molecule has 3 heterocycles. The summed E-state index contributed by atoms with van der Waals surface area (Å²) in [4.78, 5) is 31.5. The molecule has 6 nitrogen and oxygen atoms in total. The van der Waals surface area contributed by atoms with Crippen LogP contribution in [0.25, 0.3) is 0 Å². The molecule has 0 aliphatic carbocycles. The highest BCUT2D eigenvalue weighted by Crippen LogP contribution is 2.24. The van der Waals surface area contributed by atoms with Crippen molar-refractivity contribution in [2.75, 3.05) is 29.9 Å². The molecule has 30 heavy (non-hydrogen) atoms. The first kappa shape index (κ1) is 20.5. The van der Waals surface area contributed by atoms with Crippen LogP contribution in [0.5, 0.6) is 0 Å². The molecule has 2 N–H and O–H groups in total. The zero-order valence-corrected chi connectivity index (χ0v) is 17.8. The van der Waals surface area contributed by atoms with Crippen LogP contribution in [0, 0.1) is 11.7 Å². The molecule has 1 aromatic carbocycles. The zero-order chi connectivity index (χ0) is 20.9. The Morgan fingerprint density at radius 3 is 2.80 bits per heavy atom. The van der Waals surface area contributed by atoms with E-state index in [1.807, 2.05) is 11.4 Å². The van der Waals surface area contributed by atoms with E-state index in [0.717, 1.165) is 25.2 Å². The smallest absolute Gasteiger partial charge is 0.267 e. The van der Waals surface area contributed by atoms with Crippen molar-refractivity contribution < 1.29 is 14.0 Å². The maximum Gasteiger partial charge on any atom is 0.267 e. The number of aromatic nitrogens is 1. The van der Waals surface area contributed by atoms with Crippen molar-refractivity contribution >= 4 is 45.3 Å². The van der Waals surface area contributed by atoms with Gasteiger partial charge in [0, 0.05) is 30.7 Å². The van der Waals surface area contributed by atoms with E-state index in [2.05, 4.69) is 20.5 Å². The molecule has 0 spiro atoms. The highest BCUT2D eigenvalue weighted by atomic mass is 32.1. The van der Waals surface area contributed by atoms with Crippen molar-refractivity contribution in [2.45, 2.75) is 12.8 Å². The van der Waals surface area contributed by atoms with Gasteiger partial charge in [-0.2, -0.15) is 0 Å². The van der Waals surface area contributed by atoms with Crippen LogP contribution in [0.15, 0.2) is 47.2 Å². The van der Waals surface area contributed by atoms with E-state index in [0.29, 0.717) is 28.2 Å². The molecule has 1 unspecified atom stereocenters. The van der Waals surface area contributed by atoms with Gasteiger partial charge in [0.15, 0.2) is 5.13 Å². The molecule has 1 aliphatic rings. The largest absolute Gasteiger partial charge is 0.371 e. The lowest BCUT2D eigenvalue weighted by molar-refractivity contribution is -0.120. The monoisotopic (exact) mass is 444 g/mol. The molecule has 0 radical (unpaired) electrons. The summed E-state index contributed by atoms with van der Waals surface area (Å²) in [7, 11) is 0. The average molecular weight is 445 g/mol. The topological polar surface area (TPSA) is 74.3 Å². The fraction of sp³-hybridized carbons (Fsp3) is 0.286. The number of rotatable bonds is 7. The summed E-state index contributed by atoms with van der Waals surface area (Å²) in [6.45, 7) is 2.33. The Kier molecular flexibility index (Phi) is 6.39. The average Bonchev–Trinajstić information content (AvgIpc) is 3.49. The molecular weight excluding hydrogens is 423 g/mol. The summed E-state index contributed by atoms with van der Waals surface area (Å²) in [5, 5.41) is 9.85. The summed E-state index contributed by atoms with van der Waals surface area (Å²) in [6.07, 6.45) is 1.16. The molecular formula is C21H21FN4O2S2. The van der Waals surface area contributed by atoms with Crippen LogP contribution in [-0.4, -0.2) is 36.4 Å². The Balaban J connectivity index is 1.21. The number of nitrogens with zero attached hydrogens (tertiary/aromatic N) is 2. The van der Waals surface area contributed by atoms with Crippen molar-refractivity contribution in [3.63, 3.8) is 0 Å². The van der Waals surface area contributed by atoms with Gasteiger partial charge in [-0.1, -0.05) is 6.07 Å². The highest BCUT2D eigenvalue weighted by molar-refractivity contribution is 7.14. The van der Waals surface area contributed by atoms with Crippen molar-refractivity contribution in [1.82, 2.24) is 10.3 Å². The second kappa shape index (κ2) is 9.36. The number of hydrogen-bond acceptors (Lipinski definition) is 6. The summed E-state index contributed by atoms with van der Waals surface area (Å²) in [5.74, 6) is -0.160. The van der Waals surface area contributed by atoms with Crippen LogP contribution in [0.4, 0.5) is 15.2 Å². The van der Waals surface area contributed by atoms with Gasteiger partial charge in [-0.15, -0.1) is 22.7 Å². The standard InChI is InChI=1S/C21H21FN4O2S2/c22-15-3-5-17(6-4-15)26-8-7-14(12-26)11-23-19(27)10-16-13-30-21(24-16)25-20(28)18-2-1-9-29-18/h1-6,9,13-14H,7-8,10-12H2,(H,23,27)(H,24,25,28). The Labute approximate surface area is 181 Å². The minimum atomic E-state index is -0.238. The quantitative estimate of drug-likeness (QED) is 0.582. The second-order valence-electron chi connectivity index (χ2n) is 7.13. The zero-order valence-electron chi connectivity index (χ0n) is 16.1. The number of nitrogens with one attached hydrogen (secondary N) is 2. The maximum atomic E-state index is 13.1. The number of halogens is 1. The van der Waals surface area contributed by atoms with Crippen LogP contribution < -0.4 is 15.5 Å². The van der Waals surface area contributed by atoms with Gasteiger partial charge in [-0.3, -0.25) is 14.9 Å². The molecule has 2 amide bonds. The van der Waals surface area contributed by atoms with E-state index in [4.69, 9.17) is 0 Å². The van der Waals surface area contributed by atoms with Gasteiger partial charge in [-0.05, 0) is 48.1 Å². The van der Waals surface area contributed by atoms with E-state index >= 15 is 0 Å². The Bertz CT molecular complexity index is 1000. The molecule has 2 aromatic heterocycles. The first-order chi connectivity index (χ1) is 14.6. The second-order valence-corrected chi connectivity index (χ2v) is 8.94. The summed E-state index contributed by atoms with van der Waals surface area (Å²) >= 11 is 2.67. The van der Waals surface area contributed by atoms with Crippen LogP contribution in [-0.2, 0) is 11.2 Å². The minimum Gasteiger partial charge on any atom is -0.371 e. The molecule has 1 aliphatic heterocycles. The van der Waals surface area contributed by atoms with E-state index in [1.165, 1.54) is 34.8 Å². The van der Waals surface area contributed by atoms with Crippen molar-refractivity contribution in [3.05, 3.63) is 63.5 Å². The lowest BCUT2D eigenvalue weighted by Crippen LogP contribution is -2.32. The van der Waals surface area contributed by atoms with Gasteiger partial charge in [0.1, 0.15) is 5.82 Å². The van der Waals surface area contributed by atoms with Crippen LogP contribution in [0.1, 0.15) is 21.8 Å². The minimum absolute atomic E-state index is 0.0864. The molecule has 3 aromatic rings. The molecule has 4 rings (SSSR count). The predicted molar refractivity (Wildman–Crippen MR) is 118 cm³/mol. The van der Waals surface area contributed by atoms with Gasteiger partial charge in [0.05, 0.1) is 17.0 Å². The SMILES string of the molecule is O=C(Cc1csc(NC(=O)c2cccs2)n1)NCC1CCN(c2ccc(F)cc2)C1. The molecule has 156 valence electrons. The third-order valence-electron chi connectivity index (χ3n) is 4.92. The van der Waals surface area contributed by atoms with Crippen molar-refractivity contribution in [1.29, 1.82) is 0 Å². The lowest BCUT2D eigenvalue weighted by atomic mass is 10.1. The number of hydrogen-bond donors (Lipinski definition) is 2. The number of carbonyl (C=O) groups is 2. The molecule has 0 saturated carbocycles. The van der Waals surface area contributed by atoms with E-state index in [1.54, 1.807) is 23.6 Å². The van der Waals surface area contributed by atoms with Gasteiger partial charge >= 0.3 is 0 Å². The molecule has 1 fully saturated rings. The van der Waals surface area contributed by atoms with Crippen LogP contribution in [0.3, 0.4) is 0 Å². The Morgan fingerprint density at radius 1 is 1.20 bits per heavy atom. The summed E-state index contributed by atoms with van der Waals surface area (Å²) < 4.78 is 13.1. The van der Waals surface area contributed by atoms with Crippen LogP contribution >= 0.6 is 22.7 Å². The highest BCUT2D eigenvalue weighted by Gasteiger charge is 2.23. The first-order valence-electron chi connectivity index (χ1n) is 9.63. The Hall–Kier alpha value is -2.78. The van der Waals surface area contributed by atoms with Gasteiger partial charge in [-0.25, -0.2) is 9.37 Å². The number of thiophene rings is 1. The van der Waals surface area contributed by atoms with E-state index in [9.17, 15) is 14.0 Å². The number of thiazole rings is 1. The van der Waals surface area contributed by atoms with E-state index in [-0.39, 0.29) is 24.1 Å². The fourth-order valence-corrected chi connectivity index (χ4v) is 4.71. The van der Waals surface area contributed by atoms with Gasteiger partial charge in [0.2, 0.25) is 5.91 Å². The lowest BCUT2D eigenvalue weighted by Gasteiger charge is -2.18. The fourth-order valence-electron chi connectivity index (χ4n) is 3.38. The number of benzene rings is 1. The molecule has 1 atom stereocenters. The number of amides is 2.